The fourth-order valence-electron chi connectivity index (χ4n) is 3.35. The van der Waals surface area contributed by atoms with Gasteiger partial charge < -0.3 is 10.1 Å². The lowest BCUT2D eigenvalue weighted by molar-refractivity contribution is -0.130. The smallest absolute Gasteiger partial charge is 0.231 e. The lowest BCUT2D eigenvalue weighted by Crippen LogP contribution is -2.49. The van der Waals surface area contributed by atoms with E-state index in [2.05, 4.69) is 5.32 Å². The lowest BCUT2D eigenvalue weighted by atomic mass is 9.63. The van der Waals surface area contributed by atoms with Crippen LogP contribution in [0, 0.1) is 0 Å². The Bertz CT molecular complexity index is 677. The second-order valence-electron chi connectivity index (χ2n) is 6.24. The quantitative estimate of drug-likeness (QED) is 0.907. The Kier molecular flexibility index (Phi) is 4.37. The molecule has 0 spiro atoms. The third-order valence-electron chi connectivity index (χ3n) is 4.91. The summed E-state index contributed by atoms with van der Waals surface area (Å²) in [4.78, 5) is 13.0. The fourth-order valence-corrected chi connectivity index (χ4v) is 3.35. The van der Waals surface area contributed by atoms with Crippen LogP contribution in [-0.2, 0) is 10.2 Å². The summed E-state index contributed by atoms with van der Waals surface area (Å²) in [5, 5.41) is 3.19. The molecule has 3 rings (SSSR count). The zero-order valence-electron chi connectivity index (χ0n) is 13.7. The number of ether oxygens (including phenoxy) is 1. The summed E-state index contributed by atoms with van der Waals surface area (Å²) < 4.78 is 5.49. The van der Waals surface area contributed by atoms with E-state index in [0.29, 0.717) is 0 Å². The van der Waals surface area contributed by atoms with Gasteiger partial charge in [0.25, 0.3) is 0 Å². The van der Waals surface area contributed by atoms with Crippen LogP contribution in [0.1, 0.15) is 43.4 Å². The molecule has 1 fully saturated rings. The van der Waals surface area contributed by atoms with Gasteiger partial charge in [-0.1, -0.05) is 55.0 Å². The van der Waals surface area contributed by atoms with E-state index in [4.69, 9.17) is 4.74 Å². The van der Waals surface area contributed by atoms with Gasteiger partial charge in [0.05, 0.1) is 18.6 Å². The van der Waals surface area contributed by atoms with Gasteiger partial charge in [-0.25, -0.2) is 0 Å². The van der Waals surface area contributed by atoms with E-state index in [1.165, 1.54) is 0 Å². The van der Waals surface area contributed by atoms with Crippen molar-refractivity contribution in [2.45, 2.75) is 37.6 Å². The molecule has 1 atom stereocenters. The second-order valence-corrected chi connectivity index (χ2v) is 6.24. The van der Waals surface area contributed by atoms with Gasteiger partial charge in [-0.3, -0.25) is 4.79 Å². The highest BCUT2D eigenvalue weighted by molar-refractivity contribution is 5.90. The summed E-state index contributed by atoms with van der Waals surface area (Å²) in [6.45, 7) is 2.03. The van der Waals surface area contributed by atoms with Crippen LogP contribution in [0.2, 0.25) is 0 Å². The van der Waals surface area contributed by atoms with Crippen molar-refractivity contribution in [1.29, 1.82) is 0 Å². The molecule has 2 aromatic carbocycles. The monoisotopic (exact) mass is 309 g/mol. The maximum Gasteiger partial charge on any atom is 0.231 e. The van der Waals surface area contributed by atoms with Gasteiger partial charge in [-0.15, -0.1) is 0 Å². The molecule has 1 aliphatic rings. The van der Waals surface area contributed by atoms with E-state index in [1.54, 1.807) is 7.11 Å². The zero-order chi connectivity index (χ0) is 16.3. The number of methoxy groups -OCH3 is 1. The molecule has 0 bridgehead atoms. The Balaban J connectivity index is 1.84. The van der Waals surface area contributed by atoms with Crippen LogP contribution in [0.4, 0.5) is 0 Å². The molecular weight excluding hydrogens is 286 g/mol. The van der Waals surface area contributed by atoms with E-state index in [1.807, 2.05) is 61.5 Å². The van der Waals surface area contributed by atoms with Crippen molar-refractivity contribution in [3.05, 3.63) is 65.7 Å². The Labute approximate surface area is 137 Å². The summed E-state index contributed by atoms with van der Waals surface area (Å²) >= 11 is 0. The van der Waals surface area contributed by atoms with Crippen LogP contribution >= 0.6 is 0 Å². The van der Waals surface area contributed by atoms with Crippen LogP contribution < -0.4 is 10.1 Å². The molecule has 1 amide bonds. The Morgan fingerprint density at radius 2 is 1.74 bits per heavy atom. The number of rotatable bonds is 5. The number of nitrogens with one attached hydrogen (secondary N) is 1. The topological polar surface area (TPSA) is 38.3 Å². The predicted octanol–water partition coefficient (Wildman–Crippen LogP) is 3.99. The fraction of sp³-hybridized carbons (Fsp3) is 0.350. The number of para-hydroxylation sites is 1. The second kappa shape index (κ2) is 6.45. The van der Waals surface area contributed by atoms with Crippen LogP contribution in [0.3, 0.4) is 0 Å². The third kappa shape index (κ3) is 2.83. The molecule has 0 radical (unpaired) electrons. The van der Waals surface area contributed by atoms with Gasteiger partial charge in [-0.05, 0) is 31.4 Å². The molecular formula is C20H23NO2. The lowest BCUT2D eigenvalue weighted by Gasteiger charge is -2.42. The minimum Gasteiger partial charge on any atom is -0.496 e. The summed E-state index contributed by atoms with van der Waals surface area (Å²) in [5.41, 5.74) is 1.68. The Morgan fingerprint density at radius 1 is 1.09 bits per heavy atom. The summed E-state index contributed by atoms with van der Waals surface area (Å²) in [7, 11) is 1.66. The molecule has 0 aromatic heterocycles. The van der Waals surface area contributed by atoms with Crippen molar-refractivity contribution in [1.82, 2.24) is 5.32 Å². The molecule has 3 nitrogen and oxygen atoms in total. The SMILES string of the molecule is COc1ccccc1C1(C(=O)NC(C)c2ccccc2)CCC1. The molecule has 2 aromatic rings. The molecule has 120 valence electrons. The van der Waals surface area contributed by atoms with Crippen LogP contribution in [0.5, 0.6) is 5.75 Å². The zero-order valence-corrected chi connectivity index (χ0v) is 13.7. The number of amides is 1. The molecule has 0 saturated heterocycles. The predicted molar refractivity (Wildman–Crippen MR) is 91.5 cm³/mol. The number of carbonyl (C=O) groups is 1. The van der Waals surface area contributed by atoms with Crippen molar-refractivity contribution in [3.63, 3.8) is 0 Å². The third-order valence-corrected chi connectivity index (χ3v) is 4.91. The van der Waals surface area contributed by atoms with Gasteiger partial charge in [0.2, 0.25) is 5.91 Å². The summed E-state index contributed by atoms with van der Waals surface area (Å²) in [5.74, 6) is 0.902. The molecule has 0 aliphatic heterocycles. The first-order valence-corrected chi connectivity index (χ1v) is 8.17. The van der Waals surface area contributed by atoms with Gasteiger partial charge in [0.1, 0.15) is 5.75 Å². The minimum absolute atomic E-state index is 0.00381. The Morgan fingerprint density at radius 3 is 2.35 bits per heavy atom. The molecule has 23 heavy (non-hydrogen) atoms. The van der Waals surface area contributed by atoms with Crippen molar-refractivity contribution in [3.8, 4) is 5.75 Å². The highest BCUT2D eigenvalue weighted by atomic mass is 16.5. The first-order valence-electron chi connectivity index (χ1n) is 8.17. The molecule has 0 heterocycles. The van der Waals surface area contributed by atoms with Crippen molar-refractivity contribution >= 4 is 5.91 Å². The maximum absolute atomic E-state index is 13.0. The summed E-state index contributed by atoms with van der Waals surface area (Å²) in [6.07, 6.45) is 2.83. The normalized spacial score (nSPS) is 17.0. The van der Waals surface area contributed by atoms with Crippen LogP contribution in [0.25, 0.3) is 0 Å². The van der Waals surface area contributed by atoms with Crippen molar-refractivity contribution in [2.24, 2.45) is 0 Å². The Hall–Kier alpha value is -2.29. The van der Waals surface area contributed by atoms with Crippen molar-refractivity contribution < 1.29 is 9.53 Å². The first kappa shape index (κ1) is 15.6. The van der Waals surface area contributed by atoms with Gasteiger partial charge in [0, 0.05) is 5.56 Å². The highest BCUT2D eigenvalue weighted by Crippen LogP contribution is 2.47. The molecule has 1 N–H and O–H groups in total. The molecule has 1 saturated carbocycles. The average Bonchev–Trinajstić information content (AvgIpc) is 2.55. The van der Waals surface area contributed by atoms with E-state index < -0.39 is 5.41 Å². The highest BCUT2D eigenvalue weighted by Gasteiger charge is 2.47. The largest absolute Gasteiger partial charge is 0.496 e. The first-order chi connectivity index (χ1) is 11.2. The summed E-state index contributed by atoms with van der Waals surface area (Å²) in [6, 6.07) is 17.9. The van der Waals surface area contributed by atoms with Crippen molar-refractivity contribution in [2.75, 3.05) is 7.11 Å². The van der Waals surface area contributed by atoms with Crippen LogP contribution in [0.15, 0.2) is 54.6 Å². The van der Waals surface area contributed by atoms with Crippen LogP contribution in [-0.4, -0.2) is 13.0 Å². The van der Waals surface area contributed by atoms with Gasteiger partial charge in [-0.2, -0.15) is 0 Å². The molecule has 3 heteroatoms. The van der Waals surface area contributed by atoms with E-state index in [0.717, 1.165) is 36.1 Å². The molecule has 1 aliphatic carbocycles. The van der Waals surface area contributed by atoms with E-state index in [9.17, 15) is 4.79 Å². The standard InChI is InChI=1S/C20H23NO2/c1-15(16-9-4-3-5-10-16)21-19(22)20(13-8-14-20)17-11-6-7-12-18(17)23-2/h3-7,9-12,15H,8,13-14H2,1-2H3,(H,21,22). The number of benzene rings is 2. The van der Waals surface area contributed by atoms with Gasteiger partial charge in [0.15, 0.2) is 0 Å². The van der Waals surface area contributed by atoms with E-state index in [-0.39, 0.29) is 11.9 Å². The van der Waals surface area contributed by atoms with E-state index >= 15 is 0 Å². The number of hydrogen-bond donors (Lipinski definition) is 1. The minimum atomic E-state index is -0.449. The van der Waals surface area contributed by atoms with Gasteiger partial charge >= 0.3 is 0 Å². The molecule has 1 unspecified atom stereocenters. The average molecular weight is 309 g/mol. The number of carbonyl (C=O) groups excluding carboxylic acids is 1. The number of hydrogen-bond acceptors (Lipinski definition) is 2. The maximum atomic E-state index is 13.0.